The fraction of sp³-hybridized carbons (Fsp3) is 0.412. The normalized spacial score (nSPS) is 12.5. The van der Waals surface area contributed by atoms with Crippen LogP contribution in [0.25, 0.3) is 0 Å². The first kappa shape index (κ1) is 23.0. The third kappa shape index (κ3) is 6.94. The van der Waals surface area contributed by atoms with Gasteiger partial charge < -0.3 is 20.2 Å². The summed E-state index contributed by atoms with van der Waals surface area (Å²) in [6.07, 6.45) is -0.772. The Hall–Kier alpha value is -1.03. The third-order valence-electron chi connectivity index (χ3n) is 3.52. The summed E-state index contributed by atoms with van der Waals surface area (Å²) < 4.78 is 5.51. The minimum absolute atomic E-state index is 0. The van der Waals surface area contributed by atoms with Crippen LogP contribution in [-0.4, -0.2) is 29.1 Å². The van der Waals surface area contributed by atoms with Gasteiger partial charge in [-0.2, -0.15) is 0 Å². The quantitative estimate of drug-likeness (QED) is 0.309. The lowest BCUT2D eigenvalue weighted by Gasteiger charge is -2.16. The Morgan fingerprint density at radius 1 is 1.23 bits per heavy atom. The molecule has 0 radical (unpaired) electrons. The van der Waals surface area contributed by atoms with Gasteiger partial charge in [0, 0.05) is 23.1 Å². The van der Waals surface area contributed by atoms with Crippen LogP contribution in [0.15, 0.2) is 27.6 Å². The van der Waals surface area contributed by atoms with Gasteiger partial charge in [-0.25, -0.2) is 9.98 Å². The number of halogens is 3. The highest BCUT2D eigenvalue weighted by Crippen LogP contribution is 2.23. The van der Waals surface area contributed by atoms with Crippen molar-refractivity contribution in [1.82, 2.24) is 15.6 Å². The van der Waals surface area contributed by atoms with Crippen molar-refractivity contribution in [3.63, 3.8) is 0 Å². The predicted octanol–water partition coefficient (Wildman–Crippen LogP) is 4.00. The first-order valence-electron chi connectivity index (χ1n) is 7.98. The van der Waals surface area contributed by atoms with Gasteiger partial charge in [-0.1, -0.05) is 23.2 Å². The van der Waals surface area contributed by atoms with E-state index in [4.69, 9.17) is 27.6 Å². The van der Waals surface area contributed by atoms with Gasteiger partial charge >= 0.3 is 0 Å². The highest BCUT2D eigenvalue weighted by atomic mass is 127. The molecule has 1 aromatic carbocycles. The van der Waals surface area contributed by atoms with Crippen molar-refractivity contribution in [3.05, 3.63) is 51.2 Å². The van der Waals surface area contributed by atoms with E-state index in [9.17, 15) is 5.11 Å². The van der Waals surface area contributed by atoms with Gasteiger partial charge in [-0.05, 0) is 44.5 Å². The maximum atomic E-state index is 10.3. The average Bonchev–Trinajstić information content (AvgIpc) is 2.87. The molecule has 0 fully saturated rings. The molecular formula is C17H23Cl2IN4O2. The largest absolute Gasteiger partial charge is 0.444 e. The SMILES string of the molecule is CCNC(=NCc1nc(C)c(C)o1)NCC(O)c1cc(Cl)cc(Cl)c1.I. The lowest BCUT2D eigenvalue weighted by Crippen LogP contribution is -2.39. The van der Waals surface area contributed by atoms with Crippen molar-refractivity contribution >= 4 is 53.1 Å². The fourth-order valence-corrected chi connectivity index (χ4v) is 2.72. The number of aromatic nitrogens is 1. The number of nitrogens with zero attached hydrogens (tertiary/aromatic N) is 2. The van der Waals surface area contributed by atoms with E-state index in [0.29, 0.717) is 40.5 Å². The van der Waals surface area contributed by atoms with E-state index in [1.54, 1.807) is 18.2 Å². The summed E-state index contributed by atoms with van der Waals surface area (Å²) in [6.45, 7) is 6.97. The Morgan fingerprint density at radius 2 is 1.88 bits per heavy atom. The zero-order valence-electron chi connectivity index (χ0n) is 14.8. The van der Waals surface area contributed by atoms with Crippen LogP contribution in [0.2, 0.25) is 10.0 Å². The molecule has 0 amide bonds. The molecule has 6 nitrogen and oxygen atoms in total. The van der Waals surface area contributed by atoms with E-state index in [0.717, 1.165) is 11.5 Å². The van der Waals surface area contributed by atoms with E-state index >= 15 is 0 Å². The molecule has 3 N–H and O–H groups in total. The second kappa shape index (κ2) is 11.0. The number of aliphatic hydroxyl groups excluding tert-OH is 1. The number of rotatable bonds is 6. The third-order valence-corrected chi connectivity index (χ3v) is 3.96. The van der Waals surface area contributed by atoms with Gasteiger partial charge in [0.1, 0.15) is 12.3 Å². The molecule has 1 atom stereocenters. The van der Waals surface area contributed by atoms with Crippen LogP contribution in [0.5, 0.6) is 0 Å². The lowest BCUT2D eigenvalue weighted by atomic mass is 10.1. The molecule has 1 aromatic heterocycles. The van der Waals surface area contributed by atoms with Crippen LogP contribution in [-0.2, 0) is 6.54 Å². The summed E-state index contributed by atoms with van der Waals surface area (Å²) in [5, 5.41) is 17.5. The molecule has 26 heavy (non-hydrogen) atoms. The monoisotopic (exact) mass is 512 g/mol. The molecule has 0 saturated heterocycles. The summed E-state index contributed by atoms with van der Waals surface area (Å²) in [6, 6.07) is 4.99. The Kier molecular flexibility index (Phi) is 9.70. The lowest BCUT2D eigenvalue weighted by molar-refractivity contribution is 0.181. The van der Waals surface area contributed by atoms with E-state index in [2.05, 4.69) is 20.6 Å². The minimum Gasteiger partial charge on any atom is -0.444 e. The molecule has 1 heterocycles. The molecule has 2 aromatic rings. The topological polar surface area (TPSA) is 82.7 Å². The minimum atomic E-state index is -0.772. The number of aliphatic hydroxyl groups is 1. The van der Waals surface area contributed by atoms with Gasteiger partial charge in [-0.3, -0.25) is 0 Å². The van der Waals surface area contributed by atoms with Crippen molar-refractivity contribution in [2.75, 3.05) is 13.1 Å². The highest BCUT2D eigenvalue weighted by Gasteiger charge is 2.11. The molecule has 0 aliphatic carbocycles. The van der Waals surface area contributed by atoms with Crippen LogP contribution in [0.4, 0.5) is 0 Å². The molecule has 0 saturated carbocycles. The van der Waals surface area contributed by atoms with Crippen molar-refractivity contribution in [1.29, 1.82) is 0 Å². The zero-order valence-corrected chi connectivity index (χ0v) is 18.7. The van der Waals surface area contributed by atoms with Crippen molar-refractivity contribution in [2.24, 2.45) is 4.99 Å². The predicted molar refractivity (Wildman–Crippen MR) is 116 cm³/mol. The number of oxazole rings is 1. The number of aryl methyl sites for hydroxylation is 2. The smallest absolute Gasteiger partial charge is 0.216 e. The van der Waals surface area contributed by atoms with Crippen molar-refractivity contribution < 1.29 is 9.52 Å². The number of aliphatic imine (C=N–C) groups is 1. The zero-order chi connectivity index (χ0) is 18.4. The Bertz CT molecular complexity index is 713. The van der Waals surface area contributed by atoms with Gasteiger partial charge in [0.2, 0.25) is 5.89 Å². The average molecular weight is 513 g/mol. The number of hydrogen-bond donors (Lipinski definition) is 3. The summed E-state index contributed by atoms with van der Waals surface area (Å²) >= 11 is 11.9. The molecular weight excluding hydrogens is 490 g/mol. The maximum absolute atomic E-state index is 10.3. The van der Waals surface area contributed by atoms with Crippen molar-refractivity contribution in [2.45, 2.75) is 33.4 Å². The summed E-state index contributed by atoms with van der Waals surface area (Å²) in [7, 11) is 0. The number of benzene rings is 1. The van der Waals surface area contributed by atoms with Crippen LogP contribution in [0, 0.1) is 13.8 Å². The molecule has 2 rings (SSSR count). The van der Waals surface area contributed by atoms with Gasteiger partial charge in [-0.15, -0.1) is 24.0 Å². The fourth-order valence-electron chi connectivity index (χ4n) is 2.17. The molecule has 0 bridgehead atoms. The van der Waals surface area contributed by atoms with Crippen LogP contribution >= 0.6 is 47.2 Å². The van der Waals surface area contributed by atoms with Crippen LogP contribution < -0.4 is 10.6 Å². The number of hydrogen-bond acceptors (Lipinski definition) is 4. The van der Waals surface area contributed by atoms with E-state index in [1.807, 2.05) is 20.8 Å². The van der Waals surface area contributed by atoms with E-state index in [-0.39, 0.29) is 30.5 Å². The molecule has 0 aliphatic heterocycles. The molecule has 1 unspecified atom stereocenters. The maximum Gasteiger partial charge on any atom is 0.216 e. The first-order chi connectivity index (χ1) is 11.9. The van der Waals surface area contributed by atoms with E-state index < -0.39 is 6.10 Å². The Balaban J connectivity index is 0.00000338. The molecule has 0 aliphatic rings. The van der Waals surface area contributed by atoms with Crippen molar-refractivity contribution in [3.8, 4) is 0 Å². The van der Waals surface area contributed by atoms with Crippen LogP contribution in [0.1, 0.15) is 35.9 Å². The number of nitrogens with one attached hydrogen (secondary N) is 2. The second-order valence-electron chi connectivity index (χ2n) is 5.54. The van der Waals surface area contributed by atoms with Gasteiger partial charge in [0.25, 0.3) is 0 Å². The second-order valence-corrected chi connectivity index (χ2v) is 6.42. The van der Waals surface area contributed by atoms with Crippen LogP contribution in [0.3, 0.4) is 0 Å². The van der Waals surface area contributed by atoms with Gasteiger partial charge in [0.15, 0.2) is 5.96 Å². The first-order valence-corrected chi connectivity index (χ1v) is 8.73. The molecule has 0 spiro atoms. The molecule has 144 valence electrons. The van der Waals surface area contributed by atoms with Gasteiger partial charge in [0.05, 0.1) is 11.8 Å². The Morgan fingerprint density at radius 3 is 2.42 bits per heavy atom. The standard InChI is InChI=1S/C17H22Cl2N4O2.HI/c1-4-20-17(22-9-16-23-10(2)11(3)25-16)21-8-15(24)12-5-13(18)7-14(19)6-12;/h5-7,15,24H,4,8-9H2,1-3H3,(H2,20,21,22);1H. The summed E-state index contributed by atoms with van der Waals surface area (Å²) in [4.78, 5) is 8.71. The summed E-state index contributed by atoms with van der Waals surface area (Å²) in [5.74, 6) is 1.90. The van der Waals surface area contributed by atoms with E-state index in [1.165, 1.54) is 0 Å². The Labute approximate surface area is 180 Å². The summed E-state index contributed by atoms with van der Waals surface area (Å²) in [5.41, 5.74) is 1.50. The number of guanidine groups is 1. The molecule has 9 heteroatoms. The highest BCUT2D eigenvalue weighted by molar-refractivity contribution is 14.0.